The van der Waals surface area contributed by atoms with Crippen LogP contribution in [0.15, 0.2) is 91.0 Å². The van der Waals surface area contributed by atoms with Gasteiger partial charge in [-0.15, -0.1) is 0 Å². The number of unbranched alkanes of at least 4 members (excludes halogenated alkanes) is 2. The summed E-state index contributed by atoms with van der Waals surface area (Å²) in [5.41, 5.74) is 6.41. The zero-order chi connectivity index (χ0) is 20.6. The number of benzene rings is 3. The molecule has 1 heterocycles. The third kappa shape index (κ3) is 4.58. The van der Waals surface area contributed by atoms with Crippen molar-refractivity contribution in [3.8, 4) is 0 Å². The summed E-state index contributed by atoms with van der Waals surface area (Å²) in [6, 6.07) is 32.4. The normalized spacial score (nSPS) is 13.9. The number of nitrogens with one attached hydrogen (secondary N) is 1. The fraction of sp³-hybridized carbons (Fsp3) is 0.259. The molecule has 3 aromatic carbocycles. The fourth-order valence-electron chi connectivity index (χ4n) is 4.18. The molecule has 0 bridgehead atoms. The highest BCUT2D eigenvalue weighted by Crippen LogP contribution is 2.40. The molecule has 0 atom stereocenters. The predicted molar refractivity (Wildman–Crippen MR) is 128 cm³/mol. The van der Waals surface area contributed by atoms with Crippen LogP contribution in [-0.2, 0) is 0 Å². The summed E-state index contributed by atoms with van der Waals surface area (Å²) < 4.78 is 0. The maximum absolute atomic E-state index is 3.26. The van der Waals surface area contributed by atoms with E-state index in [1.54, 1.807) is 0 Å². The zero-order valence-electron chi connectivity index (χ0n) is 17.8. The molecule has 30 heavy (non-hydrogen) atoms. The summed E-state index contributed by atoms with van der Waals surface area (Å²) in [4.78, 5) is 5.02. The Morgan fingerprint density at radius 3 is 1.83 bits per heavy atom. The molecule has 0 saturated carbocycles. The summed E-state index contributed by atoms with van der Waals surface area (Å²) in [6.07, 6.45) is 3.66. The summed E-state index contributed by atoms with van der Waals surface area (Å²) in [6.45, 7) is 3.03. The van der Waals surface area contributed by atoms with Gasteiger partial charge in [0.05, 0.1) is 18.1 Å². The van der Waals surface area contributed by atoms with Crippen LogP contribution in [0.5, 0.6) is 0 Å². The van der Waals surface area contributed by atoms with Crippen LogP contribution in [0.4, 0.5) is 5.69 Å². The van der Waals surface area contributed by atoms with E-state index in [1.807, 2.05) is 7.05 Å². The van der Waals surface area contributed by atoms with Crippen LogP contribution in [-0.4, -0.2) is 31.7 Å². The second-order valence-corrected chi connectivity index (χ2v) is 7.76. The van der Waals surface area contributed by atoms with E-state index >= 15 is 0 Å². The van der Waals surface area contributed by atoms with Crippen LogP contribution in [0.1, 0.15) is 30.4 Å². The number of rotatable bonds is 9. The molecule has 1 N–H and O–H groups in total. The van der Waals surface area contributed by atoms with E-state index in [-0.39, 0.29) is 0 Å². The van der Waals surface area contributed by atoms with Gasteiger partial charge in [-0.1, -0.05) is 85.3 Å². The second kappa shape index (κ2) is 10.1. The largest absolute Gasteiger partial charge is 0.351 e. The number of nitrogens with zero attached hydrogens (tertiary/aromatic N) is 2. The predicted octanol–water partition coefficient (Wildman–Crippen LogP) is 5.68. The minimum Gasteiger partial charge on any atom is -0.351 e. The van der Waals surface area contributed by atoms with Crippen LogP contribution in [0.2, 0.25) is 0 Å². The van der Waals surface area contributed by atoms with Crippen LogP contribution in [0.25, 0.3) is 11.4 Å². The number of hydrogen-bond acceptors (Lipinski definition) is 3. The lowest BCUT2D eigenvalue weighted by Gasteiger charge is -2.24. The highest BCUT2D eigenvalue weighted by molar-refractivity contribution is 5.99. The van der Waals surface area contributed by atoms with Crippen LogP contribution in [0.3, 0.4) is 0 Å². The Morgan fingerprint density at radius 1 is 0.667 bits per heavy atom. The molecule has 1 aliphatic heterocycles. The maximum atomic E-state index is 3.26. The lowest BCUT2D eigenvalue weighted by atomic mass is 10.0. The molecule has 3 nitrogen and oxygen atoms in total. The molecule has 0 radical (unpaired) electrons. The van der Waals surface area contributed by atoms with Gasteiger partial charge in [-0.3, -0.25) is 0 Å². The van der Waals surface area contributed by atoms with Crippen molar-refractivity contribution < 1.29 is 0 Å². The van der Waals surface area contributed by atoms with Crippen LogP contribution >= 0.6 is 0 Å². The summed E-state index contributed by atoms with van der Waals surface area (Å²) in [5, 5.41) is 3.26. The average molecular weight is 398 g/mol. The summed E-state index contributed by atoms with van der Waals surface area (Å²) in [5.74, 6) is 0. The Bertz CT molecular complexity index is 936. The molecular formula is C27H31N3. The molecule has 0 fully saturated rings. The highest BCUT2D eigenvalue weighted by Gasteiger charge is 2.31. The number of para-hydroxylation sites is 1. The second-order valence-electron chi connectivity index (χ2n) is 7.76. The van der Waals surface area contributed by atoms with Crippen molar-refractivity contribution in [3.63, 3.8) is 0 Å². The monoisotopic (exact) mass is 397 g/mol. The molecule has 3 aromatic rings. The molecule has 0 spiro atoms. The quantitative estimate of drug-likeness (QED) is 0.469. The summed E-state index contributed by atoms with van der Waals surface area (Å²) in [7, 11) is 2.03. The van der Waals surface area contributed by atoms with E-state index in [1.165, 1.54) is 47.5 Å². The Morgan fingerprint density at radius 2 is 1.23 bits per heavy atom. The molecule has 4 rings (SSSR count). The van der Waals surface area contributed by atoms with Gasteiger partial charge < -0.3 is 15.1 Å². The molecule has 0 unspecified atom stereocenters. The first-order valence-electron chi connectivity index (χ1n) is 11.0. The lowest BCUT2D eigenvalue weighted by Crippen LogP contribution is -2.28. The van der Waals surface area contributed by atoms with Gasteiger partial charge in [0.15, 0.2) is 0 Å². The van der Waals surface area contributed by atoms with Gasteiger partial charge in [0.1, 0.15) is 0 Å². The Balaban J connectivity index is 1.75. The van der Waals surface area contributed by atoms with Crippen molar-refractivity contribution in [2.24, 2.45) is 0 Å². The van der Waals surface area contributed by atoms with Crippen molar-refractivity contribution in [1.29, 1.82) is 0 Å². The first-order chi connectivity index (χ1) is 14.9. The molecular weight excluding hydrogens is 366 g/mol. The topological polar surface area (TPSA) is 18.5 Å². The molecule has 0 saturated heterocycles. The Hall–Kier alpha value is -3.04. The number of hydrogen-bond donors (Lipinski definition) is 1. The smallest absolute Gasteiger partial charge is 0.0953 e. The van der Waals surface area contributed by atoms with E-state index in [9.17, 15) is 0 Å². The van der Waals surface area contributed by atoms with Crippen LogP contribution in [0, 0.1) is 0 Å². The van der Waals surface area contributed by atoms with Crippen molar-refractivity contribution in [3.05, 3.63) is 102 Å². The average Bonchev–Trinajstić information content (AvgIpc) is 3.20. The van der Waals surface area contributed by atoms with Crippen molar-refractivity contribution in [2.45, 2.75) is 19.3 Å². The first-order valence-corrected chi connectivity index (χ1v) is 11.0. The van der Waals surface area contributed by atoms with Crippen molar-refractivity contribution >= 4 is 17.1 Å². The summed E-state index contributed by atoms with van der Waals surface area (Å²) >= 11 is 0. The third-order valence-electron chi connectivity index (χ3n) is 5.64. The van der Waals surface area contributed by atoms with Gasteiger partial charge in [-0.25, -0.2) is 0 Å². The molecule has 1 aliphatic rings. The molecule has 154 valence electrons. The van der Waals surface area contributed by atoms with E-state index in [2.05, 4.69) is 106 Å². The van der Waals surface area contributed by atoms with Crippen molar-refractivity contribution in [1.82, 2.24) is 10.2 Å². The van der Waals surface area contributed by atoms with E-state index in [0.717, 1.165) is 19.8 Å². The van der Waals surface area contributed by atoms with E-state index in [4.69, 9.17) is 0 Å². The van der Waals surface area contributed by atoms with Gasteiger partial charge in [0.2, 0.25) is 0 Å². The van der Waals surface area contributed by atoms with E-state index in [0.29, 0.717) is 0 Å². The molecule has 0 amide bonds. The van der Waals surface area contributed by atoms with Gasteiger partial charge in [-0.2, -0.15) is 0 Å². The van der Waals surface area contributed by atoms with Crippen LogP contribution < -0.4 is 10.2 Å². The minimum atomic E-state index is 0.879. The Labute approximate surface area is 180 Å². The third-order valence-corrected chi connectivity index (χ3v) is 5.64. The molecule has 0 aromatic heterocycles. The Kier molecular flexibility index (Phi) is 6.83. The molecule has 0 aliphatic carbocycles. The molecule has 3 heteroatoms. The van der Waals surface area contributed by atoms with Gasteiger partial charge in [0.25, 0.3) is 0 Å². The zero-order valence-corrected chi connectivity index (χ0v) is 17.8. The van der Waals surface area contributed by atoms with Gasteiger partial charge in [-0.05, 0) is 38.6 Å². The minimum absolute atomic E-state index is 0.879. The fourth-order valence-corrected chi connectivity index (χ4v) is 4.18. The first kappa shape index (κ1) is 20.2. The number of anilines is 1. The highest BCUT2D eigenvalue weighted by atomic mass is 15.4. The maximum Gasteiger partial charge on any atom is 0.0953 e. The lowest BCUT2D eigenvalue weighted by molar-refractivity contribution is 0.406. The van der Waals surface area contributed by atoms with Gasteiger partial charge >= 0.3 is 0 Å². The standard InChI is InChI=1S/C27H31N3/c1-28-20-12-5-13-21-29-22-30(25-18-10-4-11-19-25)27(24-16-8-3-9-17-24)26(29)23-14-6-2-7-15-23/h2-4,6-11,14-19,28H,5,12-13,20-22H2,1H3. The van der Waals surface area contributed by atoms with Crippen molar-refractivity contribution in [2.75, 3.05) is 31.7 Å². The van der Waals surface area contributed by atoms with Gasteiger partial charge in [0, 0.05) is 23.4 Å². The van der Waals surface area contributed by atoms with E-state index < -0.39 is 0 Å². The SMILES string of the molecule is CNCCCCCN1CN(c2ccccc2)C(c2ccccc2)=C1c1ccccc1.